The van der Waals surface area contributed by atoms with Crippen LogP contribution in [-0.4, -0.2) is 18.6 Å². The van der Waals surface area contributed by atoms with E-state index in [0.717, 1.165) is 31.0 Å². The zero-order valence-corrected chi connectivity index (χ0v) is 13.2. The molecular weight excluding hydrogens is 278 g/mol. The molecule has 1 aromatic carbocycles. The number of amides is 1. The standard InChI is InChI=1S/C18H21NO3/c1-11(19-18(20)16-9-12(2)22-13(16)3)8-14-4-5-17-15(10-14)6-7-21-17/h4-5,9-11H,6-8H2,1-3H3,(H,19,20)/t11-/m1/s1. The number of ether oxygens (including phenoxy) is 1. The summed E-state index contributed by atoms with van der Waals surface area (Å²) in [6.45, 7) is 6.45. The summed E-state index contributed by atoms with van der Waals surface area (Å²) in [5, 5.41) is 3.04. The van der Waals surface area contributed by atoms with Crippen LogP contribution < -0.4 is 10.1 Å². The summed E-state index contributed by atoms with van der Waals surface area (Å²) in [6, 6.07) is 8.11. The second-order valence-electron chi connectivity index (χ2n) is 5.95. The van der Waals surface area contributed by atoms with Crippen molar-refractivity contribution in [3.63, 3.8) is 0 Å². The minimum atomic E-state index is -0.0775. The molecule has 0 spiro atoms. The molecule has 3 rings (SSSR count). The number of carbonyl (C=O) groups excluding carboxylic acids is 1. The quantitative estimate of drug-likeness (QED) is 0.943. The average molecular weight is 299 g/mol. The Hall–Kier alpha value is -2.23. The van der Waals surface area contributed by atoms with Gasteiger partial charge in [0.25, 0.3) is 5.91 Å². The van der Waals surface area contributed by atoms with E-state index in [1.54, 1.807) is 6.07 Å². The second kappa shape index (κ2) is 5.87. The maximum atomic E-state index is 12.3. The topological polar surface area (TPSA) is 51.5 Å². The lowest BCUT2D eigenvalue weighted by Crippen LogP contribution is -2.34. The Labute approximate surface area is 130 Å². The molecule has 0 fully saturated rings. The number of benzene rings is 1. The van der Waals surface area contributed by atoms with Crippen molar-refractivity contribution in [1.29, 1.82) is 0 Å². The van der Waals surface area contributed by atoms with Crippen molar-refractivity contribution in [1.82, 2.24) is 5.32 Å². The predicted octanol–water partition coefficient (Wildman–Crippen LogP) is 3.19. The van der Waals surface area contributed by atoms with Crippen LogP contribution >= 0.6 is 0 Å². The highest BCUT2D eigenvalue weighted by molar-refractivity contribution is 5.95. The first-order chi connectivity index (χ1) is 10.5. The molecule has 0 unspecified atom stereocenters. The van der Waals surface area contributed by atoms with E-state index in [1.807, 2.05) is 26.8 Å². The third-order valence-corrected chi connectivity index (χ3v) is 3.96. The van der Waals surface area contributed by atoms with E-state index < -0.39 is 0 Å². The Morgan fingerprint density at radius 3 is 2.86 bits per heavy atom. The summed E-state index contributed by atoms with van der Waals surface area (Å²) >= 11 is 0. The van der Waals surface area contributed by atoms with E-state index in [1.165, 1.54) is 11.1 Å². The molecule has 1 N–H and O–H groups in total. The maximum absolute atomic E-state index is 12.3. The fourth-order valence-electron chi connectivity index (χ4n) is 2.93. The number of rotatable bonds is 4. The van der Waals surface area contributed by atoms with Gasteiger partial charge in [-0.05, 0) is 50.5 Å². The minimum Gasteiger partial charge on any atom is -0.493 e. The molecule has 1 aliphatic rings. The number of aryl methyl sites for hydroxylation is 2. The van der Waals surface area contributed by atoms with Crippen molar-refractivity contribution in [2.45, 2.75) is 39.7 Å². The van der Waals surface area contributed by atoms with Crippen LogP contribution in [0.2, 0.25) is 0 Å². The molecular formula is C18H21NO3. The van der Waals surface area contributed by atoms with Gasteiger partial charge in [-0.1, -0.05) is 12.1 Å². The summed E-state index contributed by atoms with van der Waals surface area (Å²) in [6.07, 6.45) is 1.77. The Bertz CT molecular complexity index is 702. The third kappa shape index (κ3) is 3.01. The highest BCUT2D eigenvalue weighted by Crippen LogP contribution is 2.26. The summed E-state index contributed by atoms with van der Waals surface area (Å²) in [5.41, 5.74) is 3.10. The molecule has 0 aliphatic carbocycles. The highest BCUT2D eigenvalue weighted by atomic mass is 16.5. The molecule has 0 saturated heterocycles. The second-order valence-corrected chi connectivity index (χ2v) is 5.95. The lowest BCUT2D eigenvalue weighted by atomic mass is 10.0. The molecule has 1 aromatic heterocycles. The van der Waals surface area contributed by atoms with Crippen LogP contribution in [0.25, 0.3) is 0 Å². The zero-order chi connectivity index (χ0) is 15.7. The largest absolute Gasteiger partial charge is 0.493 e. The maximum Gasteiger partial charge on any atom is 0.255 e. The van der Waals surface area contributed by atoms with E-state index in [2.05, 4.69) is 17.4 Å². The molecule has 0 bridgehead atoms. The number of fused-ring (bicyclic) bond motifs is 1. The van der Waals surface area contributed by atoms with Crippen molar-refractivity contribution in [2.75, 3.05) is 6.61 Å². The molecule has 0 saturated carbocycles. The Morgan fingerprint density at radius 2 is 2.14 bits per heavy atom. The van der Waals surface area contributed by atoms with Gasteiger partial charge in [0.05, 0.1) is 12.2 Å². The van der Waals surface area contributed by atoms with Gasteiger partial charge in [-0.25, -0.2) is 0 Å². The predicted molar refractivity (Wildman–Crippen MR) is 84.5 cm³/mol. The molecule has 0 radical (unpaired) electrons. The number of hydrogen-bond donors (Lipinski definition) is 1. The fourth-order valence-corrected chi connectivity index (χ4v) is 2.93. The zero-order valence-electron chi connectivity index (χ0n) is 13.2. The van der Waals surface area contributed by atoms with Crippen molar-refractivity contribution >= 4 is 5.91 Å². The fraction of sp³-hybridized carbons (Fsp3) is 0.389. The monoisotopic (exact) mass is 299 g/mol. The van der Waals surface area contributed by atoms with Crippen LogP contribution in [0, 0.1) is 13.8 Å². The Morgan fingerprint density at radius 1 is 1.32 bits per heavy atom. The van der Waals surface area contributed by atoms with E-state index in [9.17, 15) is 4.79 Å². The van der Waals surface area contributed by atoms with Gasteiger partial charge >= 0.3 is 0 Å². The Balaban J connectivity index is 1.64. The molecule has 1 aliphatic heterocycles. The van der Waals surface area contributed by atoms with Gasteiger partial charge in [0.1, 0.15) is 17.3 Å². The molecule has 22 heavy (non-hydrogen) atoms. The van der Waals surface area contributed by atoms with Crippen molar-refractivity contribution < 1.29 is 13.9 Å². The van der Waals surface area contributed by atoms with Gasteiger partial charge in [-0.3, -0.25) is 4.79 Å². The van der Waals surface area contributed by atoms with Crippen LogP contribution in [0.4, 0.5) is 0 Å². The van der Waals surface area contributed by atoms with E-state index in [0.29, 0.717) is 11.3 Å². The van der Waals surface area contributed by atoms with Gasteiger partial charge in [0, 0.05) is 12.5 Å². The van der Waals surface area contributed by atoms with Crippen molar-refractivity contribution in [3.05, 3.63) is 52.5 Å². The molecule has 2 aromatic rings. The normalized spacial score (nSPS) is 14.3. The van der Waals surface area contributed by atoms with Gasteiger partial charge in [-0.2, -0.15) is 0 Å². The summed E-state index contributed by atoms with van der Waals surface area (Å²) in [7, 11) is 0. The van der Waals surface area contributed by atoms with Gasteiger partial charge < -0.3 is 14.5 Å². The first kappa shape index (κ1) is 14.7. The molecule has 2 heterocycles. The summed E-state index contributed by atoms with van der Waals surface area (Å²) < 4.78 is 10.9. The first-order valence-electron chi connectivity index (χ1n) is 7.65. The Kier molecular flexibility index (Phi) is 3.92. The average Bonchev–Trinajstić information content (AvgIpc) is 3.04. The van der Waals surface area contributed by atoms with E-state index in [-0.39, 0.29) is 11.9 Å². The molecule has 1 amide bonds. The number of carbonyl (C=O) groups is 1. The molecule has 4 heteroatoms. The SMILES string of the molecule is Cc1cc(C(=O)N[C@H](C)Cc2ccc3c(c2)CCO3)c(C)o1. The smallest absolute Gasteiger partial charge is 0.255 e. The van der Waals surface area contributed by atoms with Crippen LogP contribution in [0.5, 0.6) is 5.75 Å². The van der Waals surface area contributed by atoms with Crippen LogP contribution in [0.1, 0.15) is 39.9 Å². The van der Waals surface area contributed by atoms with E-state index in [4.69, 9.17) is 9.15 Å². The number of hydrogen-bond acceptors (Lipinski definition) is 3. The minimum absolute atomic E-state index is 0.0578. The van der Waals surface area contributed by atoms with Crippen molar-refractivity contribution in [2.24, 2.45) is 0 Å². The third-order valence-electron chi connectivity index (χ3n) is 3.96. The van der Waals surface area contributed by atoms with Crippen molar-refractivity contribution in [3.8, 4) is 5.75 Å². The lowest BCUT2D eigenvalue weighted by Gasteiger charge is -2.14. The molecule has 116 valence electrons. The first-order valence-corrected chi connectivity index (χ1v) is 7.65. The lowest BCUT2D eigenvalue weighted by molar-refractivity contribution is 0.0938. The van der Waals surface area contributed by atoms with E-state index >= 15 is 0 Å². The molecule has 1 atom stereocenters. The summed E-state index contributed by atoms with van der Waals surface area (Å²) in [4.78, 5) is 12.3. The van der Waals surface area contributed by atoms with Crippen LogP contribution in [0.15, 0.2) is 28.7 Å². The number of furan rings is 1. The highest BCUT2D eigenvalue weighted by Gasteiger charge is 2.17. The number of nitrogens with one attached hydrogen (secondary N) is 1. The summed E-state index contributed by atoms with van der Waals surface area (Å²) in [5.74, 6) is 2.34. The van der Waals surface area contributed by atoms with Gasteiger partial charge in [0.15, 0.2) is 0 Å². The van der Waals surface area contributed by atoms with Gasteiger partial charge in [-0.15, -0.1) is 0 Å². The van der Waals surface area contributed by atoms with Crippen LogP contribution in [-0.2, 0) is 12.8 Å². The van der Waals surface area contributed by atoms with Gasteiger partial charge in [0.2, 0.25) is 0 Å². The molecule has 4 nitrogen and oxygen atoms in total. The van der Waals surface area contributed by atoms with Crippen LogP contribution in [0.3, 0.4) is 0 Å².